The van der Waals surface area contributed by atoms with Gasteiger partial charge in [-0.15, -0.1) is 0 Å². The van der Waals surface area contributed by atoms with Gasteiger partial charge in [-0.05, 0) is 49.4 Å². The summed E-state index contributed by atoms with van der Waals surface area (Å²) in [6.45, 7) is 4.93. The number of hydrogen-bond donors (Lipinski definition) is 0. The van der Waals surface area contributed by atoms with Gasteiger partial charge in [0.2, 0.25) is 15.9 Å². The Kier molecular flexibility index (Phi) is 7.24. The van der Waals surface area contributed by atoms with Crippen molar-refractivity contribution in [2.75, 3.05) is 30.3 Å². The third-order valence-electron chi connectivity index (χ3n) is 6.22. The number of rotatable bonds is 8. The van der Waals surface area contributed by atoms with Crippen molar-refractivity contribution in [1.29, 1.82) is 0 Å². The Balaban J connectivity index is 1.76. The average Bonchev–Trinajstić information content (AvgIpc) is 3.28. The number of sulfone groups is 1. The second-order valence-electron chi connectivity index (χ2n) is 8.05. The van der Waals surface area contributed by atoms with Crippen LogP contribution in [0.1, 0.15) is 57.9 Å². The largest absolute Gasteiger partial charge is 0.312 e. The van der Waals surface area contributed by atoms with Crippen LogP contribution in [-0.2, 0) is 31.1 Å². The van der Waals surface area contributed by atoms with Gasteiger partial charge in [-0.2, -0.15) is 4.31 Å². The number of carbonyl (C=O) groups is 1. The lowest BCUT2D eigenvalue weighted by atomic mass is 10.0. The molecular weight excluding hydrogens is 424 g/mol. The Hall–Kier alpha value is -1.45. The summed E-state index contributed by atoms with van der Waals surface area (Å²) >= 11 is 0. The van der Waals surface area contributed by atoms with Gasteiger partial charge in [0.05, 0.1) is 15.9 Å². The SMILES string of the molecule is CCN(CC)S(=O)(=O)c1ccc2c(c1)CCCN2C(=O)CCS(=O)(=O)C1CCCC1. The van der Waals surface area contributed by atoms with E-state index in [0.29, 0.717) is 44.6 Å². The average molecular weight is 457 g/mol. The van der Waals surface area contributed by atoms with E-state index in [1.165, 1.54) is 4.31 Å². The van der Waals surface area contributed by atoms with Gasteiger partial charge in [-0.25, -0.2) is 16.8 Å². The minimum absolute atomic E-state index is 0.0300. The third kappa shape index (κ3) is 4.73. The number of fused-ring (bicyclic) bond motifs is 1. The van der Waals surface area contributed by atoms with Crippen LogP contribution in [0.2, 0.25) is 0 Å². The number of benzene rings is 1. The molecule has 168 valence electrons. The van der Waals surface area contributed by atoms with Crippen LogP contribution in [0, 0.1) is 0 Å². The lowest BCUT2D eigenvalue weighted by Crippen LogP contribution is -2.37. The molecule has 1 aliphatic heterocycles. The van der Waals surface area contributed by atoms with Gasteiger partial charge in [-0.3, -0.25) is 4.79 Å². The monoisotopic (exact) mass is 456 g/mol. The fraction of sp³-hybridized carbons (Fsp3) is 0.667. The summed E-state index contributed by atoms with van der Waals surface area (Å²) in [7, 11) is -6.81. The van der Waals surface area contributed by atoms with Crippen LogP contribution in [0.5, 0.6) is 0 Å². The van der Waals surface area contributed by atoms with E-state index in [4.69, 9.17) is 0 Å². The number of anilines is 1. The van der Waals surface area contributed by atoms with E-state index in [-0.39, 0.29) is 28.2 Å². The molecule has 7 nitrogen and oxygen atoms in total. The number of aryl methyl sites for hydroxylation is 1. The molecule has 1 aromatic rings. The van der Waals surface area contributed by atoms with Crippen molar-refractivity contribution in [2.45, 2.75) is 68.9 Å². The van der Waals surface area contributed by atoms with E-state index >= 15 is 0 Å². The molecule has 30 heavy (non-hydrogen) atoms. The van der Waals surface area contributed by atoms with Crippen molar-refractivity contribution in [3.05, 3.63) is 23.8 Å². The first-order chi connectivity index (χ1) is 14.2. The van der Waals surface area contributed by atoms with Crippen molar-refractivity contribution in [3.8, 4) is 0 Å². The van der Waals surface area contributed by atoms with Crippen LogP contribution in [0.15, 0.2) is 23.1 Å². The molecule has 1 aliphatic carbocycles. The highest BCUT2D eigenvalue weighted by molar-refractivity contribution is 7.92. The van der Waals surface area contributed by atoms with Gasteiger partial charge < -0.3 is 4.90 Å². The normalized spacial score (nSPS) is 18.0. The van der Waals surface area contributed by atoms with E-state index in [1.807, 2.05) is 0 Å². The highest BCUT2D eigenvalue weighted by atomic mass is 32.2. The summed E-state index contributed by atoms with van der Waals surface area (Å²) in [6, 6.07) is 4.90. The number of sulfonamides is 1. The van der Waals surface area contributed by atoms with Crippen LogP contribution in [0.4, 0.5) is 5.69 Å². The fourth-order valence-electron chi connectivity index (χ4n) is 4.48. The molecule has 1 amide bonds. The van der Waals surface area contributed by atoms with E-state index in [2.05, 4.69) is 0 Å². The lowest BCUT2D eigenvalue weighted by molar-refractivity contribution is -0.118. The van der Waals surface area contributed by atoms with E-state index in [9.17, 15) is 21.6 Å². The first-order valence-electron chi connectivity index (χ1n) is 10.9. The van der Waals surface area contributed by atoms with Crippen molar-refractivity contribution in [2.24, 2.45) is 0 Å². The zero-order valence-electron chi connectivity index (χ0n) is 17.8. The Bertz CT molecular complexity index is 979. The Morgan fingerprint density at radius 3 is 2.37 bits per heavy atom. The molecule has 1 aromatic carbocycles. The van der Waals surface area contributed by atoms with Gasteiger partial charge in [0.15, 0.2) is 9.84 Å². The summed E-state index contributed by atoms with van der Waals surface area (Å²) in [5, 5.41) is -0.299. The van der Waals surface area contributed by atoms with Gasteiger partial charge in [0.1, 0.15) is 0 Å². The Labute approximate surface area is 180 Å². The Morgan fingerprint density at radius 1 is 1.07 bits per heavy atom. The molecule has 2 aliphatic rings. The van der Waals surface area contributed by atoms with Crippen molar-refractivity contribution < 1.29 is 21.6 Å². The quantitative estimate of drug-likeness (QED) is 0.600. The smallest absolute Gasteiger partial charge is 0.243 e. The van der Waals surface area contributed by atoms with Crippen molar-refractivity contribution in [3.63, 3.8) is 0 Å². The molecule has 0 unspecified atom stereocenters. The maximum absolute atomic E-state index is 12.8. The molecule has 0 bridgehead atoms. The van der Waals surface area contributed by atoms with E-state index < -0.39 is 19.9 Å². The number of amides is 1. The van der Waals surface area contributed by atoms with Crippen LogP contribution < -0.4 is 4.90 Å². The minimum atomic E-state index is -3.56. The summed E-state index contributed by atoms with van der Waals surface area (Å²) in [6.07, 6.45) is 4.67. The van der Waals surface area contributed by atoms with Gasteiger partial charge in [0.25, 0.3) is 0 Å². The lowest BCUT2D eigenvalue weighted by Gasteiger charge is -2.30. The van der Waals surface area contributed by atoms with Gasteiger partial charge >= 0.3 is 0 Å². The zero-order valence-corrected chi connectivity index (χ0v) is 19.5. The van der Waals surface area contributed by atoms with Crippen LogP contribution >= 0.6 is 0 Å². The molecule has 1 fully saturated rings. The van der Waals surface area contributed by atoms with Crippen LogP contribution in [0.3, 0.4) is 0 Å². The predicted octanol–water partition coefficient (Wildman–Crippen LogP) is 2.74. The summed E-state index contributed by atoms with van der Waals surface area (Å²) in [4.78, 5) is 14.7. The molecule has 1 heterocycles. The molecule has 0 aromatic heterocycles. The van der Waals surface area contributed by atoms with Crippen LogP contribution in [-0.4, -0.2) is 57.7 Å². The summed E-state index contributed by atoms with van der Waals surface area (Å²) in [5.74, 6) is -0.326. The molecule has 0 N–H and O–H groups in total. The molecule has 9 heteroatoms. The van der Waals surface area contributed by atoms with Gasteiger partial charge in [0, 0.05) is 31.7 Å². The van der Waals surface area contributed by atoms with Gasteiger partial charge in [-0.1, -0.05) is 26.7 Å². The maximum Gasteiger partial charge on any atom is 0.243 e. The third-order valence-corrected chi connectivity index (χ3v) is 10.5. The van der Waals surface area contributed by atoms with E-state index in [0.717, 1.165) is 24.8 Å². The number of nitrogens with zero attached hydrogens (tertiary/aromatic N) is 2. The highest BCUT2D eigenvalue weighted by Gasteiger charge is 2.31. The minimum Gasteiger partial charge on any atom is -0.312 e. The summed E-state index contributed by atoms with van der Waals surface area (Å²) in [5.41, 5.74) is 1.52. The van der Waals surface area contributed by atoms with Crippen molar-refractivity contribution >= 4 is 31.5 Å². The molecular formula is C21H32N2O5S2. The molecule has 0 spiro atoms. The zero-order chi connectivity index (χ0) is 21.9. The summed E-state index contributed by atoms with van der Waals surface area (Å²) < 4.78 is 52.0. The molecule has 0 radical (unpaired) electrons. The molecule has 0 saturated heterocycles. The van der Waals surface area contributed by atoms with Crippen molar-refractivity contribution in [1.82, 2.24) is 4.31 Å². The molecule has 0 atom stereocenters. The maximum atomic E-state index is 12.8. The molecule has 3 rings (SSSR count). The highest BCUT2D eigenvalue weighted by Crippen LogP contribution is 2.31. The predicted molar refractivity (Wildman–Crippen MR) is 118 cm³/mol. The standard InChI is InChI=1S/C21H32N2O5S2/c1-3-22(4-2)30(27,28)19-11-12-20-17(16-19)8-7-14-23(20)21(24)13-15-29(25,26)18-9-5-6-10-18/h11-12,16,18H,3-10,13-15H2,1-2H3. The number of carbonyl (C=O) groups excluding carboxylic acids is 1. The number of hydrogen-bond acceptors (Lipinski definition) is 5. The fourth-order valence-corrected chi connectivity index (χ4v) is 7.84. The first kappa shape index (κ1) is 23.2. The molecule has 1 saturated carbocycles. The van der Waals surface area contributed by atoms with E-state index in [1.54, 1.807) is 36.9 Å². The first-order valence-corrected chi connectivity index (χ1v) is 14.0. The second-order valence-corrected chi connectivity index (χ2v) is 12.4. The topological polar surface area (TPSA) is 91.8 Å². The second kappa shape index (κ2) is 9.36. The Morgan fingerprint density at radius 2 is 1.73 bits per heavy atom. The van der Waals surface area contributed by atoms with Crippen LogP contribution in [0.25, 0.3) is 0 Å².